The van der Waals surface area contributed by atoms with Crippen molar-refractivity contribution in [3.8, 4) is 11.3 Å². The van der Waals surface area contributed by atoms with Gasteiger partial charge in [0.2, 0.25) is 0 Å². The number of hydrogen-bond acceptors (Lipinski definition) is 3. The van der Waals surface area contributed by atoms with Crippen LogP contribution in [0, 0.1) is 0 Å². The number of furan rings is 1. The molecular formula is C20H22BrN3O2S. The molecule has 0 radical (unpaired) electrons. The fourth-order valence-electron chi connectivity index (χ4n) is 3.15. The van der Waals surface area contributed by atoms with E-state index in [-0.39, 0.29) is 5.91 Å². The van der Waals surface area contributed by atoms with Crippen LogP contribution in [0.15, 0.2) is 56.6 Å². The molecule has 7 heteroatoms. The van der Waals surface area contributed by atoms with Gasteiger partial charge in [-0.05, 0) is 57.3 Å². The lowest BCUT2D eigenvalue weighted by Gasteiger charge is -2.31. The summed E-state index contributed by atoms with van der Waals surface area (Å²) in [5.41, 5.74) is 2.35. The van der Waals surface area contributed by atoms with Crippen LogP contribution in [-0.2, 0) is 4.79 Å². The lowest BCUT2D eigenvalue weighted by Crippen LogP contribution is -2.47. The molecule has 0 fully saturated rings. The summed E-state index contributed by atoms with van der Waals surface area (Å²) in [6.07, 6.45) is 0. The number of nitrogens with zero attached hydrogens (tertiary/aromatic N) is 1. The van der Waals surface area contributed by atoms with Gasteiger partial charge in [-0.2, -0.15) is 0 Å². The number of hydrogen-bond donors (Lipinski definition) is 2. The Bertz CT molecular complexity index is 885. The highest BCUT2D eigenvalue weighted by Gasteiger charge is 2.33. The largest absolute Gasteiger partial charge is 0.459 e. The SMILES string of the molecule is CCN(CC)C(=O)C1=C(C)NC(=S)N[C@H]1c1ccc(-c2ccc(Br)cc2)o1. The van der Waals surface area contributed by atoms with E-state index < -0.39 is 6.04 Å². The highest BCUT2D eigenvalue weighted by atomic mass is 79.9. The monoisotopic (exact) mass is 447 g/mol. The van der Waals surface area contributed by atoms with Gasteiger partial charge in [0.05, 0.1) is 5.57 Å². The number of carbonyl (C=O) groups is 1. The Morgan fingerprint density at radius 2 is 1.85 bits per heavy atom. The van der Waals surface area contributed by atoms with Crippen molar-refractivity contribution in [2.24, 2.45) is 0 Å². The first kappa shape index (κ1) is 19.6. The summed E-state index contributed by atoms with van der Waals surface area (Å²) in [4.78, 5) is 14.9. The smallest absolute Gasteiger partial charge is 0.254 e. The molecule has 1 aromatic heterocycles. The molecule has 0 saturated heterocycles. The minimum absolute atomic E-state index is 0.0217. The summed E-state index contributed by atoms with van der Waals surface area (Å²) < 4.78 is 7.11. The van der Waals surface area contributed by atoms with E-state index in [1.54, 1.807) is 4.90 Å². The molecule has 1 aliphatic rings. The minimum atomic E-state index is -0.420. The molecule has 1 aromatic carbocycles. The van der Waals surface area contributed by atoms with Gasteiger partial charge >= 0.3 is 0 Å². The predicted octanol–water partition coefficient (Wildman–Crippen LogP) is 4.37. The molecule has 27 heavy (non-hydrogen) atoms. The first-order valence-corrected chi connectivity index (χ1v) is 10.1. The van der Waals surface area contributed by atoms with E-state index in [2.05, 4.69) is 26.6 Å². The fraction of sp³-hybridized carbons (Fsp3) is 0.300. The van der Waals surface area contributed by atoms with Crippen molar-refractivity contribution in [3.63, 3.8) is 0 Å². The maximum Gasteiger partial charge on any atom is 0.254 e. The average Bonchev–Trinajstić information content (AvgIpc) is 3.12. The molecule has 2 heterocycles. The maximum atomic E-state index is 13.1. The number of halogens is 1. The van der Waals surface area contributed by atoms with Crippen LogP contribution in [0.25, 0.3) is 11.3 Å². The Hall–Kier alpha value is -2.12. The third-order valence-electron chi connectivity index (χ3n) is 4.59. The summed E-state index contributed by atoms with van der Waals surface area (Å²) in [5.74, 6) is 1.38. The van der Waals surface area contributed by atoms with Crippen LogP contribution in [0.3, 0.4) is 0 Å². The van der Waals surface area contributed by atoms with Gasteiger partial charge in [-0.1, -0.05) is 28.1 Å². The molecule has 0 unspecified atom stereocenters. The Morgan fingerprint density at radius 3 is 2.48 bits per heavy atom. The quantitative estimate of drug-likeness (QED) is 0.666. The van der Waals surface area contributed by atoms with E-state index in [0.29, 0.717) is 29.5 Å². The summed E-state index contributed by atoms with van der Waals surface area (Å²) in [6, 6.07) is 11.3. The normalized spacial score (nSPS) is 16.7. The molecule has 1 amide bonds. The Morgan fingerprint density at radius 1 is 1.19 bits per heavy atom. The van der Waals surface area contributed by atoms with E-state index in [0.717, 1.165) is 21.5 Å². The number of allylic oxidation sites excluding steroid dienone is 1. The van der Waals surface area contributed by atoms with E-state index in [9.17, 15) is 4.79 Å². The van der Waals surface area contributed by atoms with Crippen LogP contribution in [0.2, 0.25) is 0 Å². The third-order valence-corrected chi connectivity index (χ3v) is 5.34. The second-order valence-corrected chi connectivity index (χ2v) is 7.58. The van der Waals surface area contributed by atoms with E-state index in [1.165, 1.54) is 0 Å². The standard InChI is InChI=1S/C20H22BrN3O2S/c1-4-24(5-2)19(25)17-12(3)22-20(27)23-18(17)16-11-10-15(26-16)13-6-8-14(21)9-7-13/h6-11,18H,4-5H2,1-3H3,(H2,22,23,27)/t18-/m0/s1. The Balaban J connectivity index is 1.98. The van der Waals surface area contributed by atoms with Crippen molar-refractivity contribution in [2.45, 2.75) is 26.8 Å². The molecule has 2 N–H and O–H groups in total. The minimum Gasteiger partial charge on any atom is -0.459 e. The zero-order valence-corrected chi connectivity index (χ0v) is 17.9. The van der Waals surface area contributed by atoms with Gasteiger partial charge in [-0.3, -0.25) is 4.79 Å². The Kier molecular flexibility index (Phi) is 6.01. The van der Waals surface area contributed by atoms with E-state index >= 15 is 0 Å². The van der Waals surface area contributed by atoms with Gasteiger partial charge < -0.3 is 20.0 Å². The molecule has 5 nitrogen and oxygen atoms in total. The van der Waals surface area contributed by atoms with Crippen LogP contribution < -0.4 is 10.6 Å². The number of likely N-dealkylation sites (N-methyl/N-ethyl adjacent to an activating group) is 1. The third kappa shape index (κ3) is 4.09. The molecule has 142 valence electrons. The van der Waals surface area contributed by atoms with Gasteiger partial charge in [-0.15, -0.1) is 0 Å². The first-order chi connectivity index (χ1) is 12.9. The molecule has 1 atom stereocenters. The fourth-order valence-corrected chi connectivity index (χ4v) is 3.68. The van der Waals surface area contributed by atoms with Crippen molar-refractivity contribution in [2.75, 3.05) is 13.1 Å². The summed E-state index contributed by atoms with van der Waals surface area (Å²) in [7, 11) is 0. The predicted molar refractivity (Wildman–Crippen MR) is 114 cm³/mol. The zero-order chi connectivity index (χ0) is 19.6. The van der Waals surface area contributed by atoms with Crippen molar-refractivity contribution in [1.29, 1.82) is 0 Å². The number of rotatable bonds is 5. The molecule has 0 bridgehead atoms. The van der Waals surface area contributed by atoms with Crippen LogP contribution >= 0.6 is 28.1 Å². The lowest BCUT2D eigenvalue weighted by atomic mass is 9.99. The van der Waals surface area contributed by atoms with Crippen molar-refractivity contribution in [1.82, 2.24) is 15.5 Å². The van der Waals surface area contributed by atoms with Gasteiger partial charge in [0, 0.05) is 28.8 Å². The average molecular weight is 448 g/mol. The summed E-state index contributed by atoms with van der Waals surface area (Å²) in [6.45, 7) is 7.10. The molecule has 3 rings (SSSR count). The second kappa shape index (κ2) is 8.27. The Labute approximate surface area is 172 Å². The first-order valence-electron chi connectivity index (χ1n) is 8.87. The number of thiocarbonyl (C=S) groups is 1. The highest BCUT2D eigenvalue weighted by Crippen LogP contribution is 2.32. The van der Waals surface area contributed by atoms with Gasteiger partial charge in [0.15, 0.2) is 5.11 Å². The summed E-state index contributed by atoms with van der Waals surface area (Å²) >= 11 is 8.75. The molecule has 2 aromatic rings. The van der Waals surface area contributed by atoms with E-state index in [1.807, 2.05) is 57.2 Å². The highest BCUT2D eigenvalue weighted by molar-refractivity contribution is 9.10. The lowest BCUT2D eigenvalue weighted by molar-refractivity contribution is -0.127. The van der Waals surface area contributed by atoms with Crippen LogP contribution in [0.5, 0.6) is 0 Å². The molecule has 1 aliphatic heterocycles. The van der Waals surface area contributed by atoms with Crippen LogP contribution in [0.4, 0.5) is 0 Å². The molecular weight excluding hydrogens is 426 g/mol. The van der Waals surface area contributed by atoms with Crippen LogP contribution in [-0.4, -0.2) is 29.0 Å². The van der Waals surface area contributed by atoms with E-state index in [4.69, 9.17) is 16.6 Å². The van der Waals surface area contributed by atoms with Crippen LogP contribution in [0.1, 0.15) is 32.6 Å². The molecule has 0 aliphatic carbocycles. The van der Waals surface area contributed by atoms with Gasteiger partial charge in [0.1, 0.15) is 17.6 Å². The number of nitrogens with one attached hydrogen (secondary N) is 2. The number of amides is 1. The topological polar surface area (TPSA) is 57.5 Å². The summed E-state index contributed by atoms with van der Waals surface area (Å²) in [5, 5.41) is 6.73. The van der Waals surface area contributed by atoms with Crippen molar-refractivity contribution < 1.29 is 9.21 Å². The number of carbonyl (C=O) groups excluding carboxylic acids is 1. The molecule has 0 saturated carbocycles. The van der Waals surface area contributed by atoms with Crippen molar-refractivity contribution >= 4 is 39.2 Å². The number of benzene rings is 1. The van der Waals surface area contributed by atoms with Crippen molar-refractivity contribution in [3.05, 3.63) is 57.9 Å². The maximum absolute atomic E-state index is 13.1. The second-order valence-electron chi connectivity index (χ2n) is 6.26. The zero-order valence-electron chi connectivity index (χ0n) is 15.5. The molecule has 0 spiro atoms. The van der Waals surface area contributed by atoms with Gasteiger partial charge in [-0.25, -0.2) is 0 Å². The van der Waals surface area contributed by atoms with Gasteiger partial charge in [0.25, 0.3) is 5.91 Å².